The number of thiophene rings is 1. The van der Waals surface area contributed by atoms with Gasteiger partial charge in [-0.3, -0.25) is 0 Å². The molecule has 2 aromatic rings. The second-order valence-corrected chi connectivity index (χ2v) is 5.51. The predicted molar refractivity (Wildman–Crippen MR) is 83.4 cm³/mol. The van der Waals surface area contributed by atoms with Crippen molar-refractivity contribution in [3.05, 3.63) is 40.3 Å². The van der Waals surface area contributed by atoms with Crippen molar-refractivity contribution in [2.24, 2.45) is 0 Å². The number of nitrogens with one attached hydrogen (secondary N) is 1. The van der Waals surface area contributed by atoms with Crippen molar-refractivity contribution >= 4 is 22.0 Å². The highest BCUT2D eigenvalue weighted by atomic mass is 32.1. The average Bonchev–Trinajstić information content (AvgIpc) is 2.74. The summed E-state index contributed by atoms with van der Waals surface area (Å²) in [7, 11) is 1.56. The van der Waals surface area contributed by atoms with Gasteiger partial charge in [0.15, 0.2) is 5.75 Å². The minimum absolute atomic E-state index is 0.415. The van der Waals surface area contributed by atoms with Crippen LogP contribution in [-0.4, -0.2) is 13.7 Å². The van der Waals surface area contributed by atoms with E-state index in [-0.39, 0.29) is 0 Å². The molecule has 20 heavy (non-hydrogen) atoms. The molecule has 0 amide bonds. The summed E-state index contributed by atoms with van der Waals surface area (Å²) in [6, 6.07) is 10.5. The van der Waals surface area contributed by atoms with Crippen LogP contribution >= 0.6 is 11.3 Å². The van der Waals surface area contributed by atoms with Crippen LogP contribution in [0.1, 0.15) is 16.0 Å². The van der Waals surface area contributed by atoms with Crippen molar-refractivity contribution in [3.8, 4) is 11.8 Å². The summed E-state index contributed by atoms with van der Waals surface area (Å²) >= 11 is 1.33. The maximum atomic E-state index is 8.98. The van der Waals surface area contributed by atoms with E-state index in [2.05, 4.69) is 42.6 Å². The van der Waals surface area contributed by atoms with Gasteiger partial charge in [-0.2, -0.15) is 5.26 Å². The smallest absolute Gasteiger partial charge is 0.177 e. The second-order valence-electron chi connectivity index (χ2n) is 4.48. The predicted octanol–water partition coefficient (Wildman–Crippen LogP) is 3.17. The number of methoxy groups -OCH3 is 1. The van der Waals surface area contributed by atoms with Gasteiger partial charge in [0.1, 0.15) is 21.6 Å². The molecule has 0 unspecified atom stereocenters. The summed E-state index contributed by atoms with van der Waals surface area (Å²) in [5, 5.41) is 13.1. The number of nitriles is 1. The van der Waals surface area contributed by atoms with E-state index in [4.69, 9.17) is 15.7 Å². The molecular weight excluding hydrogens is 270 g/mol. The molecule has 0 aliphatic heterocycles. The zero-order valence-electron chi connectivity index (χ0n) is 11.6. The van der Waals surface area contributed by atoms with E-state index >= 15 is 0 Å². The molecule has 1 aromatic heterocycles. The quantitative estimate of drug-likeness (QED) is 0.886. The van der Waals surface area contributed by atoms with E-state index in [9.17, 15) is 0 Å². The fraction of sp³-hybridized carbons (Fsp3) is 0.267. The molecule has 0 saturated carbocycles. The molecule has 1 heterocycles. The molecule has 0 radical (unpaired) electrons. The van der Waals surface area contributed by atoms with E-state index in [0.717, 1.165) is 18.0 Å². The van der Waals surface area contributed by atoms with E-state index in [0.29, 0.717) is 16.3 Å². The molecule has 0 aliphatic carbocycles. The van der Waals surface area contributed by atoms with E-state index in [1.54, 1.807) is 7.11 Å². The third-order valence-corrected chi connectivity index (χ3v) is 4.04. The molecule has 0 aliphatic rings. The molecule has 1 aromatic carbocycles. The van der Waals surface area contributed by atoms with Crippen molar-refractivity contribution in [3.63, 3.8) is 0 Å². The fourth-order valence-corrected chi connectivity index (χ4v) is 2.93. The minimum atomic E-state index is 0.415. The number of hydrogen-bond donors (Lipinski definition) is 2. The third kappa shape index (κ3) is 3.03. The first kappa shape index (κ1) is 14.2. The first-order valence-corrected chi connectivity index (χ1v) is 7.13. The lowest BCUT2D eigenvalue weighted by atomic mass is 10.1. The van der Waals surface area contributed by atoms with Gasteiger partial charge in [-0.15, -0.1) is 11.3 Å². The number of hydrogen-bond acceptors (Lipinski definition) is 5. The molecule has 0 saturated heterocycles. The van der Waals surface area contributed by atoms with E-state index < -0.39 is 0 Å². The number of anilines is 2. The number of ether oxygens (including phenoxy) is 1. The van der Waals surface area contributed by atoms with Gasteiger partial charge in [0.25, 0.3) is 0 Å². The lowest BCUT2D eigenvalue weighted by Crippen LogP contribution is -2.04. The number of benzene rings is 1. The Kier molecular flexibility index (Phi) is 4.49. The van der Waals surface area contributed by atoms with Gasteiger partial charge < -0.3 is 15.8 Å². The molecule has 104 valence electrons. The Hall–Kier alpha value is -2.19. The van der Waals surface area contributed by atoms with E-state index in [1.807, 2.05) is 0 Å². The summed E-state index contributed by atoms with van der Waals surface area (Å²) in [5.74, 6) is 0.566. The molecule has 3 N–H and O–H groups in total. The highest BCUT2D eigenvalue weighted by Gasteiger charge is 2.15. The summed E-state index contributed by atoms with van der Waals surface area (Å²) in [6.07, 6.45) is 0.907. The van der Waals surface area contributed by atoms with Gasteiger partial charge in [-0.1, -0.05) is 29.8 Å². The Labute approximate surface area is 122 Å². The van der Waals surface area contributed by atoms with Gasteiger partial charge in [0.05, 0.1) is 7.11 Å². The number of nitrogen functional groups attached to an aromatic ring is 1. The maximum Gasteiger partial charge on any atom is 0.177 e. The monoisotopic (exact) mass is 287 g/mol. The molecule has 0 bridgehead atoms. The summed E-state index contributed by atoms with van der Waals surface area (Å²) in [6.45, 7) is 2.85. The Morgan fingerprint density at radius 2 is 2.25 bits per heavy atom. The third-order valence-electron chi connectivity index (χ3n) is 2.99. The van der Waals surface area contributed by atoms with Crippen molar-refractivity contribution in [2.45, 2.75) is 13.3 Å². The highest BCUT2D eigenvalue weighted by molar-refractivity contribution is 7.17. The zero-order chi connectivity index (χ0) is 14.5. The number of nitrogens with zero attached hydrogens (tertiary/aromatic N) is 1. The first-order chi connectivity index (χ1) is 9.65. The van der Waals surface area contributed by atoms with Crippen LogP contribution in [0.5, 0.6) is 5.75 Å². The molecule has 0 atom stereocenters. The van der Waals surface area contributed by atoms with Crippen LogP contribution in [-0.2, 0) is 6.42 Å². The summed E-state index contributed by atoms with van der Waals surface area (Å²) < 4.78 is 5.25. The first-order valence-electron chi connectivity index (χ1n) is 6.31. The van der Waals surface area contributed by atoms with Crippen LogP contribution in [0, 0.1) is 18.3 Å². The molecular formula is C15H17N3OS. The Balaban J connectivity index is 2.03. The second kappa shape index (κ2) is 6.31. The highest BCUT2D eigenvalue weighted by Crippen LogP contribution is 2.41. The van der Waals surface area contributed by atoms with Gasteiger partial charge in [-0.25, -0.2) is 0 Å². The minimum Gasteiger partial charge on any atom is -0.492 e. The Morgan fingerprint density at radius 1 is 1.45 bits per heavy atom. The van der Waals surface area contributed by atoms with Crippen molar-refractivity contribution in [2.75, 3.05) is 24.7 Å². The SMILES string of the molecule is COc1c(NCCc2cccc(C)c2)sc(C#N)c1N. The lowest BCUT2D eigenvalue weighted by Gasteiger charge is -2.07. The van der Waals surface area contributed by atoms with Crippen molar-refractivity contribution in [1.29, 1.82) is 5.26 Å². The van der Waals surface area contributed by atoms with Crippen LogP contribution in [0.25, 0.3) is 0 Å². The molecule has 0 spiro atoms. The van der Waals surface area contributed by atoms with Crippen LogP contribution in [0.15, 0.2) is 24.3 Å². The molecule has 2 rings (SSSR count). The largest absolute Gasteiger partial charge is 0.492 e. The van der Waals surface area contributed by atoms with Gasteiger partial charge in [0.2, 0.25) is 0 Å². The number of nitrogens with two attached hydrogens (primary N) is 1. The Morgan fingerprint density at radius 3 is 2.90 bits per heavy atom. The molecule has 5 heteroatoms. The van der Waals surface area contributed by atoms with Crippen LogP contribution in [0.2, 0.25) is 0 Å². The maximum absolute atomic E-state index is 8.98. The van der Waals surface area contributed by atoms with Gasteiger partial charge in [-0.05, 0) is 18.9 Å². The lowest BCUT2D eigenvalue weighted by molar-refractivity contribution is 0.420. The summed E-state index contributed by atoms with van der Waals surface area (Å²) in [5.41, 5.74) is 8.80. The summed E-state index contributed by atoms with van der Waals surface area (Å²) in [4.78, 5) is 0.486. The fourth-order valence-electron chi connectivity index (χ4n) is 2.02. The Bertz CT molecular complexity index is 643. The zero-order valence-corrected chi connectivity index (χ0v) is 12.4. The van der Waals surface area contributed by atoms with Gasteiger partial charge >= 0.3 is 0 Å². The number of rotatable bonds is 5. The number of aryl methyl sites for hydroxylation is 1. The molecule has 0 fully saturated rings. The van der Waals surface area contributed by atoms with Crippen molar-refractivity contribution in [1.82, 2.24) is 0 Å². The van der Waals surface area contributed by atoms with Crippen LogP contribution in [0.4, 0.5) is 10.7 Å². The average molecular weight is 287 g/mol. The van der Waals surface area contributed by atoms with Crippen molar-refractivity contribution < 1.29 is 4.74 Å². The van der Waals surface area contributed by atoms with E-state index in [1.165, 1.54) is 22.5 Å². The van der Waals surface area contributed by atoms with Crippen LogP contribution in [0.3, 0.4) is 0 Å². The normalized spacial score (nSPS) is 10.1. The van der Waals surface area contributed by atoms with Crippen LogP contribution < -0.4 is 15.8 Å². The molecule has 4 nitrogen and oxygen atoms in total. The van der Waals surface area contributed by atoms with Gasteiger partial charge in [0, 0.05) is 6.54 Å². The topological polar surface area (TPSA) is 71.1 Å². The standard InChI is InChI=1S/C15H17N3OS/c1-10-4-3-5-11(8-10)6-7-18-15-14(19-2)13(17)12(9-16)20-15/h3-5,8,18H,6-7,17H2,1-2H3.